The zero-order chi connectivity index (χ0) is 11.3. The summed E-state index contributed by atoms with van der Waals surface area (Å²) in [5.41, 5.74) is 5.73. The molecule has 0 radical (unpaired) electrons. The summed E-state index contributed by atoms with van der Waals surface area (Å²) in [7, 11) is 0. The Bertz CT molecular complexity index is 260. The molecule has 0 heterocycles. The van der Waals surface area contributed by atoms with Gasteiger partial charge in [0, 0.05) is 12.5 Å². The molecule has 0 aliphatic heterocycles. The third-order valence-corrected chi connectivity index (χ3v) is 3.19. The van der Waals surface area contributed by atoms with E-state index >= 15 is 0 Å². The van der Waals surface area contributed by atoms with Crippen molar-refractivity contribution >= 4 is 5.91 Å². The fraction of sp³-hybridized carbons (Fsp3) is 0.818. The van der Waals surface area contributed by atoms with Crippen LogP contribution in [0.1, 0.15) is 39.0 Å². The first kappa shape index (κ1) is 12.0. The van der Waals surface area contributed by atoms with Crippen molar-refractivity contribution in [3.63, 3.8) is 0 Å². The smallest absolute Gasteiger partial charge is 0.220 e. The standard InChI is InChI=1S/C11H19N3O/c1-9(3-6-12)14-10(15)7-11(8-13)4-2-5-11/h9H,2-5,7-8,13H2,1H3,(H,14,15). The molecule has 15 heavy (non-hydrogen) atoms. The number of carbonyl (C=O) groups excluding carboxylic acids is 1. The monoisotopic (exact) mass is 209 g/mol. The van der Waals surface area contributed by atoms with Crippen LogP contribution in [0.25, 0.3) is 0 Å². The van der Waals surface area contributed by atoms with Gasteiger partial charge < -0.3 is 11.1 Å². The summed E-state index contributed by atoms with van der Waals surface area (Å²) in [5, 5.41) is 11.3. The number of nitrogens with zero attached hydrogens (tertiary/aromatic N) is 1. The van der Waals surface area contributed by atoms with Gasteiger partial charge in [-0.3, -0.25) is 4.79 Å². The molecule has 1 unspecified atom stereocenters. The molecule has 1 fully saturated rings. The SMILES string of the molecule is CC(CC#N)NC(=O)CC1(CN)CCC1. The molecule has 1 aliphatic rings. The lowest BCUT2D eigenvalue weighted by Crippen LogP contribution is -2.43. The van der Waals surface area contributed by atoms with Crippen molar-refractivity contribution in [3.8, 4) is 6.07 Å². The lowest BCUT2D eigenvalue weighted by atomic mass is 9.66. The third-order valence-electron chi connectivity index (χ3n) is 3.19. The molecular weight excluding hydrogens is 190 g/mol. The quantitative estimate of drug-likeness (QED) is 0.706. The average molecular weight is 209 g/mol. The number of hydrogen-bond donors (Lipinski definition) is 2. The van der Waals surface area contributed by atoms with Gasteiger partial charge in [0.2, 0.25) is 5.91 Å². The first-order valence-electron chi connectivity index (χ1n) is 5.48. The van der Waals surface area contributed by atoms with Crippen LogP contribution in [0.4, 0.5) is 0 Å². The van der Waals surface area contributed by atoms with Gasteiger partial charge in [0.15, 0.2) is 0 Å². The van der Waals surface area contributed by atoms with Crippen LogP contribution in [0, 0.1) is 16.7 Å². The van der Waals surface area contributed by atoms with E-state index in [-0.39, 0.29) is 17.4 Å². The maximum atomic E-state index is 11.6. The minimum Gasteiger partial charge on any atom is -0.353 e. The van der Waals surface area contributed by atoms with Crippen LogP contribution in [0.2, 0.25) is 0 Å². The molecule has 1 aliphatic carbocycles. The van der Waals surface area contributed by atoms with E-state index < -0.39 is 0 Å². The zero-order valence-corrected chi connectivity index (χ0v) is 9.25. The van der Waals surface area contributed by atoms with Crippen molar-refractivity contribution in [1.29, 1.82) is 5.26 Å². The van der Waals surface area contributed by atoms with Crippen molar-refractivity contribution in [1.82, 2.24) is 5.32 Å². The van der Waals surface area contributed by atoms with Crippen LogP contribution in [0.3, 0.4) is 0 Å². The Morgan fingerprint density at radius 3 is 2.73 bits per heavy atom. The van der Waals surface area contributed by atoms with Crippen LogP contribution in [0.5, 0.6) is 0 Å². The van der Waals surface area contributed by atoms with Gasteiger partial charge >= 0.3 is 0 Å². The van der Waals surface area contributed by atoms with Gasteiger partial charge in [-0.25, -0.2) is 0 Å². The maximum Gasteiger partial charge on any atom is 0.220 e. The lowest BCUT2D eigenvalue weighted by Gasteiger charge is -2.40. The number of nitriles is 1. The fourth-order valence-corrected chi connectivity index (χ4v) is 1.98. The van der Waals surface area contributed by atoms with Crippen molar-refractivity contribution in [2.75, 3.05) is 6.54 Å². The first-order chi connectivity index (χ1) is 7.12. The van der Waals surface area contributed by atoms with Crippen LogP contribution >= 0.6 is 0 Å². The number of amides is 1. The highest BCUT2D eigenvalue weighted by Crippen LogP contribution is 2.42. The Hall–Kier alpha value is -1.08. The summed E-state index contributed by atoms with van der Waals surface area (Å²) >= 11 is 0. The minimum absolute atomic E-state index is 0.0305. The molecule has 4 nitrogen and oxygen atoms in total. The van der Waals surface area contributed by atoms with E-state index in [4.69, 9.17) is 11.0 Å². The van der Waals surface area contributed by atoms with Crippen LogP contribution in [-0.2, 0) is 4.79 Å². The third kappa shape index (κ3) is 3.21. The van der Waals surface area contributed by atoms with E-state index in [1.165, 1.54) is 6.42 Å². The van der Waals surface area contributed by atoms with E-state index in [1.807, 2.05) is 13.0 Å². The molecule has 1 saturated carbocycles. The van der Waals surface area contributed by atoms with Crippen LogP contribution in [-0.4, -0.2) is 18.5 Å². The highest BCUT2D eigenvalue weighted by molar-refractivity contribution is 5.77. The van der Waals surface area contributed by atoms with Gasteiger partial charge in [0.05, 0.1) is 12.5 Å². The Balaban J connectivity index is 2.32. The molecule has 0 aromatic carbocycles. The van der Waals surface area contributed by atoms with Gasteiger partial charge in [-0.15, -0.1) is 0 Å². The maximum absolute atomic E-state index is 11.6. The second-order valence-corrected chi connectivity index (χ2v) is 4.57. The summed E-state index contributed by atoms with van der Waals surface area (Å²) in [6.45, 7) is 2.43. The van der Waals surface area contributed by atoms with E-state index in [9.17, 15) is 4.79 Å². The Morgan fingerprint density at radius 1 is 1.67 bits per heavy atom. The molecule has 84 valence electrons. The number of rotatable bonds is 5. The Kier molecular flexibility index (Phi) is 4.10. The van der Waals surface area contributed by atoms with Crippen LogP contribution < -0.4 is 11.1 Å². The van der Waals surface area contributed by atoms with E-state index in [0.717, 1.165) is 12.8 Å². The molecule has 3 N–H and O–H groups in total. The molecule has 1 rings (SSSR count). The van der Waals surface area contributed by atoms with Crippen LogP contribution in [0.15, 0.2) is 0 Å². The number of hydrogen-bond acceptors (Lipinski definition) is 3. The minimum atomic E-state index is -0.0580. The fourth-order valence-electron chi connectivity index (χ4n) is 1.98. The lowest BCUT2D eigenvalue weighted by molar-refractivity contribution is -0.125. The second-order valence-electron chi connectivity index (χ2n) is 4.57. The molecule has 1 atom stereocenters. The van der Waals surface area contributed by atoms with Gasteiger partial charge in [-0.05, 0) is 31.7 Å². The summed E-state index contributed by atoms with van der Waals surface area (Å²) < 4.78 is 0. The predicted molar refractivity (Wildman–Crippen MR) is 57.8 cm³/mol. The Morgan fingerprint density at radius 2 is 2.33 bits per heavy atom. The molecule has 0 aromatic rings. The van der Waals surface area contributed by atoms with Crippen molar-refractivity contribution in [3.05, 3.63) is 0 Å². The van der Waals surface area contributed by atoms with E-state index in [1.54, 1.807) is 0 Å². The highest BCUT2D eigenvalue weighted by atomic mass is 16.1. The molecular formula is C11H19N3O. The second kappa shape index (κ2) is 5.13. The first-order valence-corrected chi connectivity index (χ1v) is 5.48. The van der Waals surface area contributed by atoms with Crippen molar-refractivity contribution in [2.24, 2.45) is 11.1 Å². The van der Waals surface area contributed by atoms with Gasteiger partial charge in [0.25, 0.3) is 0 Å². The van der Waals surface area contributed by atoms with Crippen molar-refractivity contribution in [2.45, 2.75) is 45.1 Å². The predicted octanol–water partition coefficient (Wildman–Crippen LogP) is 0.924. The zero-order valence-electron chi connectivity index (χ0n) is 9.25. The number of nitrogens with one attached hydrogen (secondary N) is 1. The molecule has 0 aromatic heterocycles. The number of nitrogens with two attached hydrogens (primary N) is 1. The molecule has 4 heteroatoms. The normalized spacial score (nSPS) is 19.8. The Labute approximate surface area is 90.8 Å². The topological polar surface area (TPSA) is 78.9 Å². The summed E-state index contributed by atoms with van der Waals surface area (Å²) in [6, 6.07) is 1.98. The molecule has 1 amide bonds. The summed E-state index contributed by atoms with van der Waals surface area (Å²) in [6.07, 6.45) is 4.17. The van der Waals surface area contributed by atoms with Gasteiger partial charge in [-0.1, -0.05) is 6.42 Å². The molecule has 0 bridgehead atoms. The summed E-state index contributed by atoms with van der Waals surface area (Å²) in [5.74, 6) is 0.0305. The average Bonchev–Trinajstić information content (AvgIpc) is 2.11. The molecule has 0 spiro atoms. The highest BCUT2D eigenvalue weighted by Gasteiger charge is 2.37. The molecule has 0 saturated heterocycles. The van der Waals surface area contributed by atoms with Crippen molar-refractivity contribution < 1.29 is 4.79 Å². The van der Waals surface area contributed by atoms with E-state index in [0.29, 0.717) is 19.4 Å². The van der Waals surface area contributed by atoms with Gasteiger partial charge in [-0.2, -0.15) is 5.26 Å². The summed E-state index contributed by atoms with van der Waals surface area (Å²) in [4.78, 5) is 11.6. The van der Waals surface area contributed by atoms with E-state index in [2.05, 4.69) is 5.32 Å². The largest absolute Gasteiger partial charge is 0.353 e. The van der Waals surface area contributed by atoms with Gasteiger partial charge in [0.1, 0.15) is 0 Å². The number of carbonyl (C=O) groups is 1.